The van der Waals surface area contributed by atoms with Gasteiger partial charge in [0, 0.05) is 42.3 Å². The molecule has 1 aromatic rings. The Morgan fingerprint density at radius 2 is 1.86 bits per heavy atom. The van der Waals surface area contributed by atoms with Crippen molar-refractivity contribution in [3.05, 3.63) is 30.1 Å². The van der Waals surface area contributed by atoms with Crippen LogP contribution in [0, 0.1) is 5.92 Å². The third kappa shape index (κ3) is 18.4. The van der Waals surface area contributed by atoms with Crippen LogP contribution in [0.2, 0.25) is 0 Å². The summed E-state index contributed by atoms with van der Waals surface area (Å²) in [6, 6.07) is 3.41. The molecule has 1 amide bonds. The normalized spacial score (nSPS) is 16.7. The van der Waals surface area contributed by atoms with Crippen molar-refractivity contribution in [2.24, 2.45) is 5.92 Å². The number of amides is 1. The van der Waals surface area contributed by atoms with Crippen LogP contribution in [-0.2, 0) is 14.3 Å². The molecule has 0 radical (unpaired) electrons. The van der Waals surface area contributed by atoms with Crippen molar-refractivity contribution >= 4 is 39.2 Å². The fourth-order valence-corrected chi connectivity index (χ4v) is 7.24. The SMILES string of the molecule is CC.CC(=O)CCCNC(=O)c1cccnc1.CC(C)CC(C)(C)OC(=O)CCCC[C@]1(C)CCSS1. The number of unbranched alkanes of at least 4 members (excludes halogenated alkanes) is 1. The molecule has 0 saturated carbocycles. The highest BCUT2D eigenvalue weighted by Gasteiger charge is 2.30. The number of nitrogens with one attached hydrogen (secondary N) is 1. The third-order valence-corrected chi connectivity index (χ3v) is 8.88. The number of aromatic nitrogens is 1. The van der Waals surface area contributed by atoms with Crippen molar-refractivity contribution in [2.45, 2.75) is 117 Å². The summed E-state index contributed by atoms with van der Waals surface area (Å²) in [4.78, 5) is 37.8. The van der Waals surface area contributed by atoms with Gasteiger partial charge < -0.3 is 14.8 Å². The van der Waals surface area contributed by atoms with E-state index in [4.69, 9.17) is 4.74 Å². The number of pyridine rings is 1. The number of hydrogen-bond acceptors (Lipinski definition) is 7. The van der Waals surface area contributed by atoms with Crippen molar-refractivity contribution in [3.8, 4) is 0 Å². The third-order valence-electron chi connectivity index (χ3n) is 5.52. The first-order valence-electron chi connectivity index (χ1n) is 13.6. The molecule has 1 aromatic heterocycles. The molecule has 2 rings (SSSR count). The lowest BCUT2D eigenvalue weighted by molar-refractivity contribution is -0.157. The summed E-state index contributed by atoms with van der Waals surface area (Å²) in [7, 11) is 4.00. The van der Waals surface area contributed by atoms with Gasteiger partial charge in [-0.25, -0.2) is 0 Å². The van der Waals surface area contributed by atoms with Crippen LogP contribution in [-0.4, -0.2) is 45.3 Å². The average molecular weight is 555 g/mol. The van der Waals surface area contributed by atoms with Gasteiger partial charge in [0.2, 0.25) is 0 Å². The quantitative estimate of drug-likeness (QED) is 0.152. The van der Waals surface area contributed by atoms with E-state index in [0.717, 1.165) is 19.3 Å². The molecule has 0 aromatic carbocycles. The second-order valence-corrected chi connectivity index (χ2v) is 13.5. The van der Waals surface area contributed by atoms with Crippen LogP contribution < -0.4 is 5.32 Å². The lowest BCUT2D eigenvalue weighted by atomic mass is 9.96. The molecule has 37 heavy (non-hydrogen) atoms. The molecular formula is C29H50N2O4S2. The Morgan fingerprint density at radius 1 is 1.16 bits per heavy atom. The predicted octanol–water partition coefficient (Wildman–Crippen LogP) is 7.67. The maximum Gasteiger partial charge on any atom is 0.306 e. The predicted molar refractivity (Wildman–Crippen MR) is 159 cm³/mol. The Labute approximate surface area is 233 Å². The van der Waals surface area contributed by atoms with Crippen LogP contribution in [0.25, 0.3) is 0 Å². The minimum atomic E-state index is -0.324. The summed E-state index contributed by atoms with van der Waals surface area (Å²) in [5.74, 6) is 1.79. The first kappa shape index (κ1) is 35.5. The zero-order valence-electron chi connectivity index (χ0n) is 24.4. The number of esters is 1. The highest BCUT2D eigenvalue weighted by atomic mass is 33.1. The van der Waals surface area contributed by atoms with Gasteiger partial charge in [-0.05, 0) is 77.8 Å². The minimum absolute atomic E-state index is 0.0331. The number of hydrogen-bond donors (Lipinski definition) is 1. The molecule has 8 heteroatoms. The number of carbonyl (C=O) groups excluding carboxylic acids is 3. The van der Waals surface area contributed by atoms with E-state index < -0.39 is 0 Å². The Balaban J connectivity index is 0.000000679. The highest BCUT2D eigenvalue weighted by Crippen LogP contribution is 2.49. The molecule has 0 unspecified atom stereocenters. The smallest absolute Gasteiger partial charge is 0.306 e. The molecule has 2 heterocycles. The number of rotatable bonds is 13. The van der Waals surface area contributed by atoms with Gasteiger partial charge in [0.05, 0.1) is 5.56 Å². The van der Waals surface area contributed by atoms with Crippen LogP contribution in [0.5, 0.6) is 0 Å². The molecule has 0 spiro atoms. The molecule has 0 aliphatic carbocycles. The number of carbonyl (C=O) groups is 3. The molecule has 212 valence electrons. The summed E-state index contributed by atoms with van der Waals surface area (Å²) < 4.78 is 6.03. The zero-order chi connectivity index (χ0) is 28.3. The number of Topliss-reactive ketones (excluding diaryl/α,β-unsaturated/α-hetero) is 1. The second-order valence-electron chi connectivity index (χ2n) is 10.4. The lowest BCUT2D eigenvalue weighted by Crippen LogP contribution is -2.29. The molecule has 1 aliphatic rings. The monoisotopic (exact) mass is 554 g/mol. The van der Waals surface area contributed by atoms with Crippen molar-refractivity contribution in [3.63, 3.8) is 0 Å². The van der Waals surface area contributed by atoms with Crippen LogP contribution in [0.1, 0.15) is 117 Å². The molecule has 1 aliphatic heterocycles. The fraction of sp³-hybridized carbons (Fsp3) is 0.724. The van der Waals surface area contributed by atoms with Gasteiger partial charge in [0.1, 0.15) is 11.4 Å². The molecule has 6 nitrogen and oxygen atoms in total. The summed E-state index contributed by atoms with van der Waals surface area (Å²) in [6.45, 7) is 16.8. The van der Waals surface area contributed by atoms with Gasteiger partial charge in [-0.1, -0.05) is 55.7 Å². The van der Waals surface area contributed by atoms with E-state index in [2.05, 4.69) is 31.1 Å². The summed E-state index contributed by atoms with van der Waals surface area (Å²) >= 11 is 0. The van der Waals surface area contributed by atoms with E-state index in [9.17, 15) is 14.4 Å². The largest absolute Gasteiger partial charge is 0.460 e. The number of ether oxygens (including phenoxy) is 1. The maximum absolute atomic E-state index is 11.9. The molecular weight excluding hydrogens is 504 g/mol. The van der Waals surface area contributed by atoms with Gasteiger partial charge in [-0.3, -0.25) is 14.6 Å². The Hall–Kier alpha value is -1.54. The Bertz CT molecular complexity index is 779. The summed E-state index contributed by atoms with van der Waals surface area (Å²) in [5, 5.41) is 2.72. The second kappa shape index (κ2) is 19.5. The maximum atomic E-state index is 11.9. The highest BCUT2D eigenvalue weighted by molar-refractivity contribution is 8.77. The van der Waals surface area contributed by atoms with Crippen molar-refractivity contribution in [1.82, 2.24) is 10.3 Å². The fourth-order valence-electron chi connectivity index (χ4n) is 3.94. The molecule has 0 bridgehead atoms. The van der Waals surface area contributed by atoms with Gasteiger partial charge in [-0.15, -0.1) is 0 Å². The molecule has 1 fully saturated rings. The number of nitrogens with zero attached hydrogens (tertiary/aromatic N) is 1. The van der Waals surface area contributed by atoms with Crippen LogP contribution >= 0.6 is 21.6 Å². The van der Waals surface area contributed by atoms with E-state index in [-0.39, 0.29) is 23.3 Å². The lowest BCUT2D eigenvalue weighted by Gasteiger charge is -2.27. The topological polar surface area (TPSA) is 85.4 Å². The zero-order valence-corrected chi connectivity index (χ0v) is 26.0. The average Bonchev–Trinajstić information content (AvgIpc) is 3.27. The summed E-state index contributed by atoms with van der Waals surface area (Å²) in [6.07, 6.45) is 10.4. The molecule has 1 N–H and O–H groups in total. The van der Waals surface area contributed by atoms with Crippen molar-refractivity contribution < 1.29 is 19.1 Å². The van der Waals surface area contributed by atoms with E-state index in [0.29, 0.717) is 42.0 Å². The van der Waals surface area contributed by atoms with E-state index in [1.165, 1.54) is 24.8 Å². The van der Waals surface area contributed by atoms with Gasteiger partial charge in [-0.2, -0.15) is 0 Å². The Morgan fingerprint density at radius 3 is 2.41 bits per heavy atom. The number of ketones is 1. The van der Waals surface area contributed by atoms with Crippen molar-refractivity contribution in [1.29, 1.82) is 0 Å². The van der Waals surface area contributed by atoms with Crippen LogP contribution in [0.4, 0.5) is 0 Å². The standard InChI is InChI=1S/C16H30O2S2.C11H14N2O2.C2H6/c1-13(2)12-15(3,4)18-14(17)8-6-7-9-16(5)10-11-19-20-16;1-9(14)4-2-7-13-11(15)10-5-3-6-12-8-10;1-2/h13H,6-12H2,1-5H3;3,5-6,8H,2,4,7H2,1H3,(H,13,15);1-2H3/t16-;;/m1../s1. The summed E-state index contributed by atoms with van der Waals surface area (Å²) in [5.41, 5.74) is 0.218. The van der Waals surface area contributed by atoms with Crippen LogP contribution in [0.15, 0.2) is 24.5 Å². The van der Waals surface area contributed by atoms with Gasteiger partial charge in [0.15, 0.2) is 0 Å². The van der Waals surface area contributed by atoms with Gasteiger partial charge >= 0.3 is 5.97 Å². The molecule has 1 atom stereocenters. The van der Waals surface area contributed by atoms with E-state index in [1.54, 1.807) is 25.3 Å². The Kier molecular flexibility index (Phi) is 18.7. The first-order chi connectivity index (χ1) is 17.4. The van der Waals surface area contributed by atoms with E-state index >= 15 is 0 Å². The first-order valence-corrected chi connectivity index (χ1v) is 15.9. The van der Waals surface area contributed by atoms with Gasteiger partial charge in [0.25, 0.3) is 5.91 Å². The van der Waals surface area contributed by atoms with Crippen LogP contribution in [0.3, 0.4) is 0 Å². The van der Waals surface area contributed by atoms with E-state index in [1.807, 2.05) is 49.3 Å². The minimum Gasteiger partial charge on any atom is -0.460 e. The van der Waals surface area contributed by atoms with Crippen molar-refractivity contribution in [2.75, 3.05) is 12.3 Å². The molecule has 1 saturated heterocycles.